The largest absolute Gasteiger partial charge is 0.469 e. The molecule has 2 aliphatic rings. The number of aromatic nitrogens is 1. The number of hydrogen-bond acceptors (Lipinski definition) is 6. The molecule has 0 radical (unpaired) electrons. The van der Waals surface area contributed by atoms with Gasteiger partial charge in [0.2, 0.25) is 0 Å². The molecule has 1 amide bonds. The molecule has 2 N–H and O–H groups in total. The van der Waals surface area contributed by atoms with Crippen molar-refractivity contribution in [2.24, 2.45) is 5.92 Å². The predicted octanol–water partition coefficient (Wildman–Crippen LogP) is 1.73. The Kier molecular flexibility index (Phi) is 7.04. The van der Waals surface area contributed by atoms with Gasteiger partial charge in [0.15, 0.2) is 0 Å². The highest BCUT2D eigenvalue weighted by Crippen LogP contribution is 2.28. The summed E-state index contributed by atoms with van der Waals surface area (Å²) in [6.45, 7) is 3.81. The molecule has 1 aliphatic carbocycles. The van der Waals surface area contributed by atoms with Gasteiger partial charge in [-0.15, -0.1) is 0 Å². The topological polar surface area (TPSA) is 83.6 Å². The SMILES string of the molecule is COC(=O)CCC1CCC(NC(=O)c2ccc(N3CCNCC3)nc2)CC1. The van der Waals surface area contributed by atoms with Crippen LogP contribution in [0, 0.1) is 5.92 Å². The molecule has 1 saturated heterocycles. The van der Waals surface area contributed by atoms with Gasteiger partial charge in [-0.1, -0.05) is 0 Å². The van der Waals surface area contributed by atoms with Crippen molar-refractivity contribution >= 4 is 17.7 Å². The third-order valence-electron chi connectivity index (χ3n) is 5.62. The number of rotatable bonds is 6. The number of nitrogens with one attached hydrogen (secondary N) is 2. The number of esters is 1. The molecule has 2 fully saturated rings. The van der Waals surface area contributed by atoms with Crippen LogP contribution in [0.25, 0.3) is 0 Å². The van der Waals surface area contributed by atoms with Crippen LogP contribution in [0.3, 0.4) is 0 Å². The summed E-state index contributed by atoms with van der Waals surface area (Å²) in [4.78, 5) is 30.5. The molecule has 1 aromatic rings. The summed E-state index contributed by atoms with van der Waals surface area (Å²) in [6, 6.07) is 4.01. The molecule has 2 heterocycles. The molecule has 148 valence electrons. The van der Waals surface area contributed by atoms with Gasteiger partial charge in [0.05, 0.1) is 12.7 Å². The van der Waals surface area contributed by atoms with E-state index >= 15 is 0 Å². The highest BCUT2D eigenvalue weighted by Gasteiger charge is 2.23. The van der Waals surface area contributed by atoms with Crippen LogP contribution in [0.5, 0.6) is 0 Å². The van der Waals surface area contributed by atoms with Crippen molar-refractivity contribution in [1.82, 2.24) is 15.6 Å². The summed E-state index contributed by atoms with van der Waals surface area (Å²) in [6.07, 6.45) is 7.06. The van der Waals surface area contributed by atoms with E-state index in [2.05, 4.69) is 20.5 Å². The monoisotopic (exact) mass is 374 g/mol. The Morgan fingerprint density at radius 2 is 1.96 bits per heavy atom. The molecular weight excluding hydrogens is 344 g/mol. The van der Waals surface area contributed by atoms with Crippen molar-refractivity contribution < 1.29 is 14.3 Å². The molecule has 7 nitrogen and oxygen atoms in total. The number of pyridine rings is 1. The highest BCUT2D eigenvalue weighted by atomic mass is 16.5. The molecule has 3 rings (SSSR count). The molecule has 1 aliphatic heterocycles. The van der Waals surface area contributed by atoms with Crippen molar-refractivity contribution in [3.8, 4) is 0 Å². The third kappa shape index (κ3) is 5.66. The van der Waals surface area contributed by atoms with Gasteiger partial charge in [-0.05, 0) is 50.2 Å². The Morgan fingerprint density at radius 1 is 1.22 bits per heavy atom. The number of methoxy groups -OCH3 is 1. The first-order chi connectivity index (χ1) is 13.2. The number of nitrogens with zero attached hydrogens (tertiary/aromatic N) is 2. The lowest BCUT2D eigenvalue weighted by molar-refractivity contribution is -0.141. The number of piperazine rings is 1. The summed E-state index contributed by atoms with van der Waals surface area (Å²) in [5.74, 6) is 1.30. The van der Waals surface area contributed by atoms with Crippen molar-refractivity contribution in [3.63, 3.8) is 0 Å². The Balaban J connectivity index is 1.43. The standard InChI is InChI=1S/C20H30N4O3/c1-27-19(25)9-4-15-2-6-17(7-3-15)23-20(26)16-5-8-18(22-14-16)24-12-10-21-11-13-24/h5,8,14-15,17,21H,2-4,6-7,9-13H2,1H3,(H,23,26). The summed E-state index contributed by atoms with van der Waals surface area (Å²) < 4.78 is 4.70. The van der Waals surface area contributed by atoms with E-state index in [-0.39, 0.29) is 17.9 Å². The summed E-state index contributed by atoms with van der Waals surface area (Å²) in [5, 5.41) is 6.46. The number of ether oxygens (including phenoxy) is 1. The predicted molar refractivity (Wildman–Crippen MR) is 104 cm³/mol. The number of amides is 1. The molecular formula is C20H30N4O3. The molecule has 7 heteroatoms. The van der Waals surface area contributed by atoms with Crippen LogP contribution in [-0.4, -0.2) is 56.2 Å². The first-order valence-electron chi connectivity index (χ1n) is 9.95. The average Bonchev–Trinajstić information content (AvgIpc) is 2.73. The van der Waals surface area contributed by atoms with E-state index in [1.54, 1.807) is 6.20 Å². The Labute approximate surface area is 160 Å². The van der Waals surface area contributed by atoms with E-state index in [4.69, 9.17) is 4.74 Å². The van der Waals surface area contributed by atoms with Crippen molar-refractivity contribution in [3.05, 3.63) is 23.9 Å². The lowest BCUT2D eigenvalue weighted by Gasteiger charge is -2.29. The van der Waals surface area contributed by atoms with Gasteiger partial charge in [0.25, 0.3) is 5.91 Å². The van der Waals surface area contributed by atoms with E-state index in [9.17, 15) is 9.59 Å². The van der Waals surface area contributed by atoms with Gasteiger partial charge in [0, 0.05) is 44.8 Å². The molecule has 27 heavy (non-hydrogen) atoms. The zero-order chi connectivity index (χ0) is 19.1. The molecule has 0 unspecified atom stereocenters. The van der Waals surface area contributed by atoms with Gasteiger partial charge >= 0.3 is 5.97 Å². The fourth-order valence-corrected chi connectivity index (χ4v) is 3.89. The maximum atomic E-state index is 12.5. The summed E-state index contributed by atoms with van der Waals surface area (Å²) in [5.41, 5.74) is 0.613. The van der Waals surface area contributed by atoms with Crippen LogP contribution in [0.2, 0.25) is 0 Å². The number of carbonyl (C=O) groups is 2. The van der Waals surface area contributed by atoms with Crippen LogP contribution in [-0.2, 0) is 9.53 Å². The Morgan fingerprint density at radius 3 is 2.59 bits per heavy atom. The fraction of sp³-hybridized carbons (Fsp3) is 0.650. The Bertz CT molecular complexity index is 621. The van der Waals surface area contributed by atoms with Gasteiger partial charge in [-0.25, -0.2) is 4.98 Å². The highest BCUT2D eigenvalue weighted by molar-refractivity contribution is 5.94. The van der Waals surface area contributed by atoms with Crippen LogP contribution in [0.1, 0.15) is 48.9 Å². The minimum atomic E-state index is -0.137. The van der Waals surface area contributed by atoms with Crippen molar-refractivity contribution in [2.75, 3.05) is 38.2 Å². The quantitative estimate of drug-likeness (QED) is 0.738. The molecule has 1 aromatic heterocycles. The number of anilines is 1. The summed E-state index contributed by atoms with van der Waals surface area (Å²) >= 11 is 0. The first kappa shape index (κ1) is 19.6. The minimum absolute atomic E-state index is 0.0487. The van der Waals surface area contributed by atoms with E-state index in [0.29, 0.717) is 17.9 Å². The average molecular weight is 374 g/mol. The van der Waals surface area contributed by atoms with E-state index in [1.807, 2.05) is 12.1 Å². The molecule has 0 aromatic carbocycles. The van der Waals surface area contributed by atoms with Crippen LogP contribution in [0.4, 0.5) is 5.82 Å². The van der Waals surface area contributed by atoms with E-state index < -0.39 is 0 Å². The Hall–Kier alpha value is -2.15. The maximum absolute atomic E-state index is 12.5. The fourth-order valence-electron chi connectivity index (χ4n) is 3.89. The number of hydrogen-bond donors (Lipinski definition) is 2. The second kappa shape index (κ2) is 9.69. The normalized spacial score (nSPS) is 22.9. The molecule has 0 bridgehead atoms. The minimum Gasteiger partial charge on any atom is -0.469 e. The lowest BCUT2D eigenvalue weighted by Crippen LogP contribution is -2.44. The molecule has 1 saturated carbocycles. The second-order valence-electron chi connectivity index (χ2n) is 7.45. The van der Waals surface area contributed by atoms with E-state index in [1.165, 1.54) is 7.11 Å². The first-order valence-corrected chi connectivity index (χ1v) is 9.95. The zero-order valence-electron chi connectivity index (χ0n) is 16.1. The van der Waals surface area contributed by atoms with Crippen molar-refractivity contribution in [2.45, 2.75) is 44.6 Å². The maximum Gasteiger partial charge on any atom is 0.305 e. The zero-order valence-corrected chi connectivity index (χ0v) is 16.1. The van der Waals surface area contributed by atoms with Crippen LogP contribution < -0.4 is 15.5 Å². The van der Waals surface area contributed by atoms with Crippen molar-refractivity contribution in [1.29, 1.82) is 0 Å². The molecule has 0 spiro atoms. The summed E-state index contributed by atoms with van der Waals surface area (Å²) in [7, 11) is 1.43. The van der Waals surface area contributed by atoms with E-state index in [0.717, 1.165) is 64.1 Å². The van der Waals surface area contributed by atoms with Gasteiger partial charge < -0.3 is 20.3 Å². The van der Waals surface area contributed by atoms with Crippen LogP contribution in [0.15, 0.2) is 18.3 Å². The lowest BCUT2D eigenvalue weighted by atomic mass is 9.83. The smallest absolute Gasteiger partial charge is 0.305 e. The number of carbonyl (C=O) groups excluding carboxylic acids is 2. The third-order valence-corrected chi connectivity index (χ3v) is 5.62. The van der Waals surface area contributed by atoms with Gasteiger partial charge in [-0.3, -0.25) is 9.59 Å². The van der Waals surface area contributed by atoms with Gasteiger partial charge in [0.1, 0.15) is 5.82 Å². The second-order valence-corrected chi connectivity index (χ2v) is 7.45. The van der Waals surface area contributed by atoms with Crippen LogP contribution >= 0.6 is 0 Å². The van der Waals surface area contributed by atoms with Gasteiger partial charge in [-0.2, -0.15) is 0 Å². The molecule has 0 atom stereocenters.